The van der Waals surface area contributed by atoms with Gasteiger partial charge < -0.3 is 10.1 Å². The SMILES string of the molecule is CNc1nnc(-c2cc(F)c(OC)cc2F)cc1C. The van der Waals surface area contributed by atoms with E-state index in [0.29, 0.717) is 5.82 Å². The van der Waals surface area contributed by atoms with Crippen LogP contribution in [0.1, 0.15) is 5.56 Å². The largest absolute Gasteiger partial charge is 0.494 e. The van der Waals surface area contributed by atoms with Crippen LogP contribution in [0.15, 0.2) is 18.2 Å². The molecule has 0 spiro atoms. The van der Waals surface area contributed by atoms with Gasteiger partial charge in [-0.1, -0.05) is 0 Å². The number of aromatic nitrogens is 2. The van der Waals surface area contributed by atoms with Gasteiger partial charge in [-0.15, -0.1) is 10.2 Å². The minimum Gasteiger partial charge on any atom is -0.494 e. The number of nitrogens with zero attached hydrogens (tertiary/aromatic N) is 2. The van der Waals surface area contributed by atoms with Crippen molar-refractivity contribution in [3.05, 3.63) is 35.4 Å². The van der Waals surface area contributed by atoms with E-state index in [-0.39, 0.29) is 17.0 Å². The van der Waals surface area contributed by atoms with Crippen molar-refractivity contribution in [2.45, 2.75) is 6.92 Å². The maximum Gasteiger partial charge on any atom is 0.165 e. The molecule has 0 radical (unpaired) electrons. The Kier molecular flexibility index (Phi) is 3.59. The fraction of sp³-hybridized carbons (Fsp3) is 0.231. The number of hydrogen-bond donors (Lipinski definition) is 1. The number of rotatable bonds is 3. The zero-order valence-electron chi connectivity index (χ0n) is 10.8. The summed E-state index contributed by atoms with van der Waals surface area (Å²) in [4.78, 5) is 0. The first kappa shape index (κ1) is 13.2. The molecule has 0 aliphatic carbocycles. The van der Waals surface area contributed by atoms with E-state index in [2.05, 4.69) is 15.5 Å². The van der Waals surface area contributed by atoms with Gasteiger partial charge in [0.2, 0.25) is 0 Å². The highest BCUT2D eigenvalue weighted by atomic mass is 19.1. The van der Waals surface area contributed by atoms with Crippen molar-refractivity contribution in [3.8, 4) is 17.0 Å². The second-order valence-corrected chi connectivity index (χ2v) is 3.98. The minimum absolute atomic E-state index is 0.0524. The Hall–Kier alpha value is -2.24. The van der Waals surface area contributed by atoms with Crippen molar-refractivity contribution in [2.75, 3.05) is 19.5 Å². The summed E-state index contributed by atoms with van der Waals surface area (Å²) in [7, 11) is 2.99. The number of nitrogens with one attached hydrogen (secondary N) is 1. The summed E-state index contributed by atoms with van der Waals surface area (Å²) in [5.41, 5.74) is 1.12. The Labute approximate surface area is 109 Å². The maximum atomic E-state index is 13.9. The lowest BCUT2D eigenvalue weighted by Crippen LogP contribution is -2.00. The van der Waals surface area contributed by atoms with Gasteiger partial charge in [-0.2, -0.15) is 0 Å². The van der Waals surface area contributed by atoms with Gasteiger partial charge in [-0.25, -0.2) is 8.78 Å². The quantitative estimate of drug-likeness (QED) is 0.927. The highest BCUT2D eigenvalue weighted by molar-refractivity contribution is 5.63. The number of halogens is 2. The van der Waals surface area contributed by atoms with Crippen LogP contribution >= 0.6 is 0 Å². The summed E-state index contributed by atoms with van der Waals surface area (Å²) < 4.78 is 32.2. The van der Waals surface area contributed by atoms with Crippen LogP contribution in [0.5, 0.6) is 5.75 Å². The molecule has 0 amide bonds. The zero-order valence-corrected chi connectivity index (χ0v) is 10.8. The molecule has 0 aliphatic rings. The molecule has 100 valence electrons. The van der Waals surface area contributed by atoms with Crippen LogP contribution in [0.2, 0.25) is 0 Å². The lowest BCUT2D eigenvalue weighted by Gasteiger charge is -2.08. The van der Waals surface area contributed by atoms with E-state index < -0.39 is 11.6 Å². The molecule has 4 nitrogen and oxygen atoms in total. The third-order valence-electron chi connectivity index (χ3n) is 2.74. The van der Waals surface area contributed by atoms with Gasteiger partial charge in [0.25, 0.3) is 0 Å². The molecule has 6 heteroatoms. The number of benzene rings is 1. The number of anilines is 1. The Balaban J connectivity index is 2.53. The molecule has 0 saturated heterocycles. The number of hydrogen-bond acceptors (Lipinski definition) is 4. The van der Waals surface area contributed by atoms with Crippen LogP contribution in [0, 0.1) is 18.6 Å². The third-order valence-corrected chi connectivity index (χ3v) is 2.74. The predicted octanol–water partition coefficient (Wildman–Crippen LogP) is 2.78. The molecule has 1 N–H and O–H groups in total. The average molecular weight is 265 g/mol. The van der Waals surface area contributed by atoms with E-state index in [1.54, 1.807) is 13.1 Å². The molecule has 2 aromatic rings. The first-order valence-corrected chi connectivity index (χ1v) is 5.62. The molecule has 0 fully saturated rings. The molecule has 0 aliphatic heterocycles. The van der Waals surface area contributed by atoms with Crippen LogP contribution in [0.3, 0.4) is 0 Å². The van der Waals surface area contributed by atoms with Crippen molar-refractivity contribution in [2.24, 2.45) is 0 Å². The normalized spacial score (nSPS) is 10.4. The summed E-state index contributed by atoms with van der Waals surface area (Å²) >= 11 is 0. The summed E-state index contributed by atoms with van der Waals surface area (Å²) in [6.45, 7) is 1.81. The van der Waals surface area contributed by atoms with E-state index >= 15 is 0 Å². The van der Waals surface area contributed by atoms with Crippen LogP contribution in [0.25, 0.3) is 11.3 Å². The molecule has 0 unspecified atom stereocenters. The van der Waals surface area contributed by atoms with E-state index in [0.717, 1.165) is 17.7 Å². The Morgan fingerprint density at radius 1 is 1.11 bits per heavy atom. The van der Waals surface area contributed by atoms with Crippen LogP contribution < -0.4 is 10.1 Å². The van der Waals surface area contributed by atoms with Crippen molar-refractivity contribution in [1.82, 2.24) is 10.2 Å². The van der Waals surface area contributed by atoms with E-state index in [1.807, 2.05) is 6.92 Å². The monoisotopic (exact) mass is 265 g/mol. The van der Waals surface area contributed by atoms with Gasteiger partial charge >= 0.3 is 0 Å². The lowest BCUT2D eigenvalue weighted by molar-refractivity contribution is 0.383. The van der Waals surface area contributed by atoms with E-state index in [9.17, 15) is 8.78 Å². The minimum atomic E-state index is -0.643. The summed E-state index contributed by atoms with van der Waals surface area (Å²) in [5.74, 6) is -0.795. The van der Waals surface area contributed by atoms with Gasteiger partial charge in [0.1, 0.15) is 5.82 Å². The molecule has 1 aromatic heterocycles. The topological polar surface area (TPSA) is 47.0 Å². The standard InChI is InChI=1S/C13H13F2N3O/c1-7-4-11(17-18-13(7)16-2)8-5-10(15)12(19-3)6-9(8)14/h4-6H,1-3H3,(H,16,18). The fourth-order valence-corrected chi connectivity index (χ4v) is 1.75. The Morgan fingerprint density at radius 2 is 1.84 bits per heavy atom. The molecule has 1 heterocycles. The molecule has 2 rings (SSSR count). The molecular formula is C13H13F2N3O. The van der Waals surface area contributed by atoms with Crippen LogP contribution in [-0.4, -0.2) is 24.4 Å². The van der Waals surface area contributed by atoms with E-state index in [4.69, 9.17) is 4.74 Å². The zero-order chi connectivity index (χ0) is 14.0. The van der Waals surface area contributed by atoms with Crippen LogP contribution in [0.4, 0.5) is 14.6 Å². The van der Waals surface area contributed by atoms with Gasteiger partial charge in [-0.3, -0.25) is 0 Å². The van der Waals surface area contributed by atoms with Gasteiger partial charge in [0.15, 0.2) is 17.4 Å². The summed E-state index contributed by atoms with van der Waals surface area (Å²) in [6, 6.07) is 3.69. The number of aryl methyl sites for hydroxylation is 1. The van der Waals surface area contributed by atoms with Crippen molar-refractivity contribution >= 4 is 5.82 Å². The first-order chi connectivity index (χ1) is 9.06. The van der Waals surface area contributed by atoms with E-state index in [1.165, 1.54) is 7.11 Å². The van der Waals surface area contributed by atoms with Gasteiger partial charge in [-0.05, 0) is 24.6 Å². The van der Waals surface area contributed by atoms with Crippen molar-refractivity contribution < 1.29 is 13.5 Å². The van der Waals surface area contributed by atoms with Crippen molar-refractivity contribution in [1.29, 1.82) is 0 Å². The lowest BCUT2D eigenvalue weighted by atomic mass is 10.1. The summed E-state index contributed by atoms with van der Waals surface area (Å²) in [5, 5.41) is 10.6. The molecular weight excluding hydrogens is 252 g/mol. The molecule has 0 bridgehead atoms. The van der Waals surface area contributed by atoms with Crippen LogP contribution in [-0.2, 0) is 0 Å². The third kappa shape index (κ3) is 2.47. The predicted molar refractivity (Wildman–Crippen MR) is 68.2 cm³/mol. The average Bonchev–Trinajstić information content (AvgIpc) is 2.40. The molecule has 0 atom stereocenters. The Morgan fingerprint density at radius 3 is 2.42 bits per heavy atom. The molecule has 19 heavy (non-hydrogen) atoms. The van der Waals surface area contributed by atoms with Gasteiger partial charge in [0, 0.05) is 18.7 Å². The highest BCUT2D eigenvalue weighted by Crippen LogP contribution is 2.28. The second-order valence-electron chi connectivity index (χ2n) is 3.98. The van der Waals surface area contributed by atoms with Gasteiger partial charge in [0.05, 0.1) is 12.8 Å². The van der Waals surface area contributed by atoms with Crippen molar-refractivity contribution in [3.63, 3.8) is 0 Å². The Bertz CT molecular complexity index is 617. The molecule has 1 aromatic carbocycles. The number of ether oxygens (including phenoxy) is 1. The first-order valence-electron chi connectivity index (χ1n) is 5.62. The highest BCUT2D eigenvalue weighted by Gasteiger charge is 2.14. The second kappa shape index (κ2) is 5.17. The fourth-order valence-electron chi connectivity index (χ4n) is 1.75. The number of methoxy groups -OCH3 is 1. The smallest absolute Gasteiger partial charge is 0.165 e. The summed E-state index contributed by atoms with van der Waals surface area (Å²) in [6.07, 6.45) is 0. The maximum absolute atomic E-state index is 13.9. The molecule has 0 saturated carbocycles.